The predicted octanol–water partition coefficient (Wildman–Crippen LogP) is 4.94. The standard InChI is InChI=1S/C15H12Cl2F2O2/c1-20-14-5-11(17)4-10(7-16)15(14)21-8-9-2-3-12(18)6-13(9)19/h2-6H,7-8H2,1H3. The van der Waals surface area contributed by atoms with E-state index >= 15 is 0 Å². The molecule has 2 nitrogen and oxygen atoms in total. The SMILES string of the molecule is COc1cc(Cl)cc(CCl)c1OCc1ccc(F)cc1F. The van der Waals surface area contributed by atoms with E-state index in [1.807, 2.05) is 0 Å². The number of hydrogen-bond acceptors (Lipinski definition) is 2. The molecule has 0 saturated carbocycles. The Morgan fingerprint density at radius 1 is 1.10 bits per heavy atom. The van der Waals surface area contributed by atoms with Crippen LogP contribution in [0, 0.1) is 11.6 Å². The molecule has 0 fully saturated rings. The molecule has 2 aromatic carbocycles. The maximum Gasteiger partial charge on any atom is 0.166 e. The van der Waals surface area contributed by atoms with E-state index < -0.39 is 11.6 Å². The van der Waals surface area contributed by atoms with Crippen molar-refractivity contribution in [3.8, 4) is 11.5 Å². The van der Waals surface area contributed by atoms with E-state index in [0.717, 1.165) is 6.07 Å². The third-order valence-electron chi connectivity index (χ3n) is 2.85. The largest absolute Gasteiger partial charge is 0.493 e. The van der Waals surface area contributed by atoms with Crippen molar-refractivity contribution in [3.63, 3.8) is 0 Å². The van der Waals surface area contributed by atoms with Crippen LogP contribution in [0.1, 0.15) is 11.1 Å². The van der Waals surface area contributed by atoms with Crippen LogP contribution in [0.15, 0.2) is 30.3 Å². The number of ether oxygens (including phenoxy) is 2. The summed E-state index contributed by atoms with van der Waals surface area (Å²) in [6, 6.07) is 6.53. The lowest BCUT2D eigenvalue weighted by molar-refractivity contribution is 0.277. The number of methoxy groups -OCH3 is 1. The Balaban J connectivity index is 2.26. The van der Waals surface area contributed by atoms with E-state index in [9.17, 15) is 8.78 Å². The summed E-state index contributed by atoms with van der Waals surface area (Å²) in [6.45, 7) is -0.0754. The first-order valence-electron chi connectivity index (χ1n) is 6.04. The molecule has 0 N–H and O–H groups in total. The van der Waals surface area contributed by atoms with Gasteiger partial charge >= 0.3 is 0 Å². The molecule has 2 rings (SSSR count). The fourth-order valence-electron chi connectivity index (χ4n) is 1.83. The minimum Gasteiger partial charge on any atom is -0.493 e. The molecule has 0 aromatic heterocycles. The van der Waals surface area contributed by atoms with Gasteiger partial charge in [0.15, 0.2) is 11.5 Å². The Bertz CT molecular complexity index is 623. The number of alkyl halides is 1. The van der Waals surface area contributed by atoms with Crippen molar-refractivity contribution in [1.29, 1.82) is 0 Å². The highest BCUT2D eigenvalue weighted by Crippen LogP contribution is 2.36. The fraction of sp³-hybridized carbons (Fsp3) is 0.200. The molecular weight excluding hydrogens is 321 g/mol. The van der Waals surface area contributed by atoms with Crippen LogP contribution in [0.25, 0.3) is 0 Å². The molecule has 0 unspecified atom stereocenters. The second-order valence-electron chi connectivity index (χ2n) is 4.25. The van der Waals surface area contributed by atoms with Gasteiger partial charge in [-0.15, -0.1) is 11.6 Å². The van der Waals surface area contributed by atoms with E-state index in [2.05, 4.69) is 0 Å². The summed E-state index contributed by atoms with van der Waals surface area (Å²) in [7, 11) is 1.47. The molecule has 0 heterocycles. The van der Waals surface area contributed by atoms with Crippen LogP contribution in [-0.4, -0.2) is 7.11 Å². The maximum atomic E-state index is 13.6. The molecule has 6 heteroatoms. The van der Waals surface area contributed by atoms with Gasteiger partial charge in [0, 0.05) is 28.3 Å². The Labute approximate surface area is 131 Å². The summed E-state index contributed by atoms with van der Waals surface area (Å²) in [6.07, 6.45) is 0. The van der Waals surface area contributed by atoms with Crippen molar-refractivity contribution >= 4 is 23.2 Å². The molecule has 112 valence electrons. The van der Waals surface area contributed by atoms with Crippen molar-refractivity contribution in [1.82, 2.24) is 0 Å². The van der Waals surface area contributed by atoms with Gasteiger partial charge in [-0.3, -0.25) is 0 Å². The zero-order valence-electron chi connectivity index (χ0n) is 11.1. The van der Waals surface area contributed by atoms with Gasteiger partial charge in [-0.05, 0) is 18.2 Å². The summed E-state index contributed by atoms with van der Waals surface area (Å²) in [5.74, 6) is -0.351. The van der Waals surface area contributed by atoms with Crippen LogP contribution >= 0.6 is 23.2 Å². The monoisotopic (exact) mass is 332 g/mol. The maximum absolute atomic E-state index is 13.6. The van der Waals surface area contributed by atoms with E-state index in [0.29, 0.717) is 22.1 Å². The lowest BCUT2D eigenvalue weighted by Crippen LogP contribution is -2.02. The van der Waals surface area contributed by atoms with Gasteiger partial charge in [0.2, 0.25) is 0 Å². The molecule has 21 heavy (non-hydrogen) atoms. The molecular formula is C15H12Cl2F2O2. The molecule has 0 amide bonds. The van der Waals surface area contributed by atoms with Gasteiger partial charge in [-0.1, -0.05) is 11.6 Å². The predicted molar refractivity (Wildman–Crippen MR) is 78.3 cm³/mol. The second-order valence-corrected chi connectivity index (χ2v) is 4.96. The van der Waals surface area contributed by atoms with Crippen LogP contribution < -0.4 is 9.47 Å². The van der Waals surface area contributed by atoms with Gasteiger partial charge < -0.3 is 9.47 Å². The zero-order chi connectivity index (χ0) is 15.4. The molecule has 2 aromatic rings. The molecule has 0 atom stereocenters. The number of rotatable bonds is 5. The van der Waals surface area contributed by atoms with Crippen molar-refractivity contribution in [3.05, 3.63) is 58.1 Å². The van der Waals surface area contributed by atoms with E-state index in [1.165, 1.54) is 19.2 Å². The first-order valence-corrected chi connectivity index (χ1v) is 6.95. The van der Waals surface area contributed by atoms with Gasteiger partial charge in [-0.2, -0.15) is 0 Å². The number of halogens is 4. The Hall–Kier alpha value is -1.52. The first kappa shape index (κ1) is 15.9. The minimum absolute atomic E-state index is 0.0754. The van der Waals surface area contributed by atoms with Crippen LogP contribution in [0.2, 0.25) is 5.02 Å². The van der Waals surface area contributed by atoms with E-state index in [4.69, 9.17) is 32.7 Å². The van der Waals surface area contributed by atoms with Crippen LogP contribution in [-0.2, 0) is 12.5 Å². The van der Waals surface area contributed by atoms with Gasteiger partial charge in [0.05, 0.1) is 13.0 Å². The molecule has 0 aliphatic heterocycles. The van der Waals surface area contributed by atoms with E-state index in [1.54, 1.807) is 12.1 Å². The molecule has 0 saturated heterocycles. The summed E-state index contributed by atoms with van der Waals surface area (Å²) in [5, 5.41) is 0.461. The lowest BCUT2D eigenvalue weighted by Gasteiger charge is -2.15. The zero-order valence-corrected chi connectivity index (χ0v) is 12.6. The molecule has 0 aliphatic carbocycles. The van der Waals surface area contributed by atoms with Gasteiger partial charge in [0.25, 0.3) is 0 Å². The van der Waals surface area contributed by atoms with Crippen LogP contribution in [0.5, 0.6) is 11.5 Å². The highest BCUT2D eigenvalue weighted by molar-refractivity contribution is 6.31. The lowest BCUT2D eigenvalue weighted by atomic mass is 10.2. The van der Waals surface area contributed by atoms with Crippen LogP contribution in [0.3, 0.4) is 0 Å². The highest BCUT2D eigenvalue weighted by Gasteiger charge is 2.13. The Kier molecular flexibility index (Phi) is 5.26. The van der Waals surface area contributed by atoms with Crippen molar-refractivity contribution in [2.75, 3.05) is 7.11 Å². The second kappa shape index (κ2) is 6.96. The quantitative estimate of drug-likeness (QED) is 0.721. The minimum atomic E-state index is -0.671. The highest BCUT2D eigenvalue weighted by atomic mass is 35.5. The molecule has 0 radical (unpaired) electrons. The van der Waals surface area contributed by atoms with Gasteiger partial charge in [-0.25, -0.2) is 8.78 Å². The number of benzene rings is 2. The van der Waals surface area contributed by atoms with E-state index in [-0.39, 0.29) is 18.1 Å². The third kappa shape index (κ3) is 3.77. The van der Waals surface area contributed by atoms with Crippen molar-refractivity contribution < 1.29 is 18.3 Å². The summed E-state index contributed by atoms with van der Waals surface area (Å²) < 4.78 is 37.2. The average molecular weight is 333 g/mol. The topological polar surface area (TPSA) is 18.5 Å². The average Bonchev–Trinajstić information content (AvgIpc) is 2.46. The molecule has 0 spiro atoms. The summed E-state index contributed by atoms with van der Waals surface area (Å²) >= 11 is 11.8. The van der Waals surface area contributed by atoms with Crippen molar-refractivity contribution in [2.24, 2.45) is 0 Å². The fourth-order valence-corrected chi connectivity index (χ4v) is 2.26. The smallest absolute Gasteiger partial charge is 0.166 e. The Morgan fingerprint density at radius 2 is 1.86 bits per heavy atom. The number of hydrogen-bond donors (Lipinski definition) is 0. The Morgan fingerprint density at radius 3 is 2.48 bits per heavy atom. The first-order chi connectivity index (χ1) is 10.0. The normalized spacial score (nSPS) is 10.5. The molecule has 0 aliphatic rings. The van der Waals surface area contributed by atoms with Crippen molar-refractivity contribution in [2.45, 2.75) is 12.5 Å². The van der Waals surface area contributed by atoms with Gasteiger partial charge in [0.1, 0.15) is 18.2 Å². The van der Waals surface area contributed by atoms with Crippen LogP contribution in [0.4, 0.5) is 8.78 Å². The summed E-state index contributed by atoms with van der Waals surface area (Å²) in [4.78, 5) is 0. The molecule has 0 bridgehead atoms. The third-order valence-corrected chi connectivity index (χ3v) is 3.35. The summed E-state index contributed by atoms with van der Waals surface area (Å²) in [5.41, 5.74) is 0.859.